The number of pyridine rings is 1. The van der Waals surface area contributed by atoms with Crippen molar-refractivity contribution in [2.24, 2.45) is 11.8 Å². The summed E-state index contributed by atoms with van der Waals surface area (Å²) in [5.74, 6) is -4.99. The number of urea groups is 1. The normalized spacial score (nSPS) is 23.2. The molecular weight excluding hydrogens is 339 g/mol. The van der Waals surface area contributed by atoms with E-state index >= 15 is 0 Å². The number of aliphatic carboxylic acids is 1. The van der Waals surface area contributed by atoms with Crippen LogP contribution in [0.2, 0.25) is 0 Å². The third kappa shape index (κ3) is 3.69. The number of aromatic nitrogens is 1. The molecule has 2 aliphatic rings. The number of nitrogens with one attached hydrogen (secondary N) is 1. The maximum Gasteiger partial charge on any atom is 0.394 e. The van der Waals surface area contributed by atoms with Crippen molar-refractivity contribution in [2.45, 2.75) is 31.9 Å². The molecule has 0 saturated carbocycles. The van der Waals surface area contributed by atoms with Crippen molar-refractivity contribution in [1.82, 2.24) is 9.88 Å². The number of aryl methyl sites for hydroxylation is 2. The summed E-state index contributed by atoms with van der Waals surface area (Å²) in [5.41, 5.74) is 2.20. The Morgan fingerprint density at radius 3 is 2.48 bits per heavy atom. The molecule has 1 aliphatic carbocycles. The van der Waals surface area contributed by atoms with E-state index in [1.807, 2.05) is 0 Å². The monoisotopic (exact) mass is 357 g/mol. The summed E-state index contributed by atoms with van der Waals surface area (Å²) in [4.78, 5) is 28.3. The minimum Gasteiger partial charge on any atom is -0.481 e. The van der Waals surface area contributed by atoms with Crippen LogP contribution in [-0.4, -0.2) is 46.3 Å². The number of anilines is 1. The zero-order valence-corrected chi connectivity index (χ0v) is 13.3. The quantitative estimate of drug-likeness (QED) is 0.853. The van der Waals surface area contributed by atoms with Gasteiger partial charge in [0, 0.05) is 19.3 Å². The molecular formula is C16H18F3N3O3. The lowest BCUT2D eigenvalue weighted by atomic mass is 9.93. The molecule has 0 unspecified atom stereocenters. The van der Waals surface area contributed by atoms with Crippen LogP contribution < -0.4 is 5.32 Å². The van der Waals surface area contributed by atoms with Gasteiger partial charge in [-0.2, -0.15) is 13.2 Å². The van der Waals surface area contributed by atoms with E-state index in [9.17, 15) is 22.8 Å². The van der Waals surface area contributed by atoms with Crippen molar-refractivity contribution in [3.63, 3.8) is 0 Å². The zero-order valence-electron chi connectivity index (χ0n) is 13.3. The van der Waals surface area contributed by atoms with E-state index in [2.05, 4.69) is 10.3 Å². The molecule has 0 radical (unpaired) electrons. The van der Waals surface area contributed by atoms with Gasteiger partial charge in [0.15, 0.2) is 0 Å². The van der Waals surface area contributed by atoms with Crippen LogP contribution in [0.4, 0.5) is 23.8 Å². The highest BCUT2D eigenvalue weighted by Crippen LogP contribution is 2.37. The van der Waals surface area contributed by atoms with E-state index in [1.165, 1.54) is 0 Å². The maximum absolute atomic E-state index is 13.0. The lowest BCUT2D eigenvalue weighted by Crippen LogP contribution is -2.35. The van der Waals surface area contributed by atoms with E-state index < -0.39 is 43.1 Å². The number of hydrogen-bond donors (Lipinski definition) is 2. The van der Waals surface area contributed by atoms with E-state index in [4.69, 9.17) is 5.11 Å². The third-order valence-corrected chi connectivity index (χ3v) is 4.80. The molecule has 3 rings (SSSR count). The molecule has 6 nitrogen and oxygen atoms in total. The summed E-state index contributed by atoms with van der Waals surface area (Å²) in [6.07, 6.45) is 0.945. The number of amides is 2. The number of fused-ring (bicyclic) bond motifs is 1. The second-order valence-electron chi connectivity index (χ2n) is 6.47. The van der Waals surface area contributed by atoms with Crippen LogP contribution in [0.15, 0.2) is 12.3 Å². The first kappa shape index (κ1) is 17.5. The highest BCUT2D eigenvalue weighted by Gasteiger charge is 2.53. The number of carboxylic acids is 1. The van der Waals surface area contributed by atoms with Gasteiger partial charge in [-0.3, -0.25) is 10.1 Å². The number of carbonyl (C=O) groups excluding carboxylic acids is 1. The van der Waals surface area contributed by atoms with E-state index in [0.29, 0.717) is 0 Å². The summed E-state index contributed by atoms with van der Waals surface area (Å²) < 4.78 is 39.0. The second kappa shape index (κ2) is 6.53. The highest BCUT2D eigenvalue weighted by atomic mass is 19.4. The van der Waals surface area contributed by atoms with Crippen molar-refractivity contribution in [3.05, 3.63) is 23.4 Å². The fraction of sp³-hybridized carbons (Fsp3) is 0.562. The Bertz CT molecular complexity index is 693. The molecule has 1 aromatic rings. The molecule has 2 amide bonds. The topological polar surface area (TPSA) is 82.5 Å². The predicted octanol–water partition coefficient (Wildman–Crippen LogP) is 2.69. The van der Waals surface area contributed by atoms with Crippen LogP contribution in [0.3, 0.4) is 0 Å². The average molecular weight is 357 g/mol. The molecule has 1 fully saturated rings. The zero-order chi connectivity index (χ0) is 18.2. The molecule has 1 aliphatic heterocycles. The molecule has 25 heavy (non-hydrogen) atoms. The van der Waals surface area contributed by atoms with Gasteiger partial charge in [0.25, 0.3) is 0 Å². The van der Waals surface area contributed by atoms with Gasteiger partial charge in [0.2, 0.25) is 0 Å². The fourth-order valence-electron chi connectivity index (χ4n) is 3.42. The van der Waals surface area contributed by atoms with Crippen LogP contribution >= 0.6 is 0 Å². The van der Waals surface area contributed by atoms with Crippen LogP contribution in [0.25, 0.3) is 0 Å². The molecule has 0 spiro atoms. The number of halogens is 3. The van der Waals surface area contributed by atoms with Crippen LogP contribution in [-0.2, 0) is 17.6 Å². The van der Waals surface area contributed by atoms with Gasteiger partial charge >= 0.3 is 18.2 Å². The lowest BCUT2D eigenvalue weighted by molar-refractivity contribution is -0.187. The Morgan fingerprint density at radius 2 is 1.88 bits per heavy atom. The number of alkyl halides is 3. The average Bonchev–Trinajstić information content (AvgIpc) is 3.01. The first-order valence-corrected chi connectivity index (χ1v) is 8.09. The van der Waals surface area contributed by atoms with Gasteiger partial charge in [-0.15, -0.1) is 0 Å². The molecule has 2 heterocycles. The smallest absolute Gasteiger partial charge is 0.394 e. The van der Waals surface area contributed by atoms with Crippen molar-refractivity contribution >= 4 is 17.8 Å². The lowest BCUT2D eigenvalue weighted by Gasteiger charge is -2.19. The minimum atomic E-state index is -4.66. The van der Waals surface area contributed by atoms with E-state index in [1.54, 1.807) is 12.3 Å². The van der Waals surface area contributed by atoms with Gasteiger partial charge < -0.3 is 10.0 Å². The third-order valence-electron chi connectivity index (χ3n) is 4.80. The van der Waals surface area contributed by atoms with E-state index in [0.717, 1.165) is 41.7 Å². The number of carbonyl (C=O) groups is 2. The molecule has 2 atom stereocenters. The highest BCUT2D eigenvalue weighted by molar-refractivity contribution is 5.89. The fourth-order valence-corrected chi connectivity index (χ4v) is 3.42. The number of carboxylic acid groups (broad SMARTS) is 1. The molecule has 0 aromatic carbocycles. The van der Waals surface area contributed by atoms with Crippen LogP contribution in [0, 0.1) is 11.8 Å². The first-order chi connectivity index (χ1) is 11.8. The molecule has 2 N–H and O–H groups in total. The second-order valence-corrected chi connectivity index (χ2v) is 6.47. The summed E-state index contributed by atoms with van der Waals surface area (Å²) in [5, 5.41) is 11.5. The summed E-state index contributed by atoms with van der Waals surface area (Å²) in [6, 6.07) is 0.972. The Balaban J connectivity index is 1.70. The number of likely N-dealkylation sites (tertiary alicyclic amines) is 1. The van der Waals surface area contributed by atoms with Crippen LogP contribution in [0.5, 0.6) is 0 Å². The molecule has 1 saturated heterocycles. The van der Waals surface area contributed by atoms with Gasteiger partial charge in [-0.05, 0) is 42.9 Å². The molecule has 1 aromatic heterocycles. The van der Waals surface area contributed by atoms with Gasteiger partial charge in [-0.25, -0.2) is 9.78 Å². The van der Waals surface area contributed by atoms with Crippen molar-refractivity contribution in [2.75, 3.05) is 18.4 Å². The predicted molar refractivity (Wildman–Crippen MR) is 82.1 cm³/mol. The Morgan fingerprint density at radius 1 is 1.20 bits per heavy atom. The summed E-state index contributed by atoms with van der Waals surface area (Å²) in [6.45, 7) is -1.15. The molecule has 0 bridgehead atoms. The molecule has 136 valence electrons. The van der Waals surface area contributed by atoms with Gasteiger partial charge in [0.1, 0.15) is 5.82 Å². The van der Waals surface area contributed by atoms with Crippen LogP contribution in [0.1, 0.15) is 24.0 Å². The molecule has 9 heteroatoms. The Kier molecular flexibility index (Phi) is 4.57. The largest absolute Gasteiger partial charge is 0.481 e. The minimum absolute atomic E-state index is 0.271. The summed E-state index contributed by atoms with van der Waals surface area (Å²) in [7, 11) is 0. The van der Waals surface area contributed by atoms with E-state index in [-0.39, 0.29) is 5.82 Å². The summed E-state index contributed by atoms with van der Waals surface area (Å²) >= 11 is 0. The van der Waals surface area contributed by atoms with Gasteiger partial charge in [-0.1, -0.05) is 0 Å². The van der Waals surface area contributed by atoms with Crippen molar-refractivity contribution in [3.8, 4) is 0 Å². The standard InChI is InChI=1S/C16H18F3N3O3/c17-16(18,19)12-8-22(7-11(12)14(23)24)15(25)21-13-5-9-3-1-2-4-10(9)6-20-13/h5-6,11-12H,1-4,7-8H2,(H,23,24)(H,20,21,25)/t11-,12-/m1/s1. The SMILES string of the molecule is O=C(O)[C@@H]1CN(C(=O)Nc2cc3c(cn2)CCCC3)C[C@H]1C(F)(F)F. The van der Waals surface area contributed by atoms with Crippen molar-refractivity contribution < 1.29 is 27.9 Å². The number of rotatable bonds is 2. The Hall–Kier alpha value is -2.32. The number of hydrogen-bond acceptors (Lipinski definition) is 3. The Labute approximate surface area is 142 Å². The van der Waals surface area contributed by atoms with Gasteiger partial charge in [0.05, 0.1) is 11.8 Å². The van der Waals surface area contributed by atoms with Crippen molar-refractivity contribution in [1.29, 1.82) is 0 Å². The maximum atomic E-state index is 13.0. The first-order valence-electron chi connectivity index (χ1n) is 8.09. The number of nitrogens with zero attached hydrogens (tertiary/aromatic N) is 2.